The maximum Gasteiger partial charge on any atom is 0.332 e. The number of hydrogen-bond donors (Lipinski definition) is 2. The Morgan fingerprint density at radius 1 is 1.24 bits per heavy atom. The molecule has 0 unspecified atom stereocenters. The number of benzene rings is 1. The van der Waals surface area contributed by atoms with Crippen molar-refractivity contribution in [3.8, 4) is 0 Å². The van der Waals surface area contributed by atoms with E-state index < -0.39 is 23.4 Å². The van der Waals surface area contributed by atoms with Crippen LogP contribution in [0, 0.1) is 11.8 Å². The van der Waals surface area contributed by atoms with Crippen LogP contribution in [0.2, 0.25) is 0 Å². The average molecular weight is 342 g/mol. The molecule has 131 valence electrons. The van der Waals surface area contributed by atoms with Crippen LogP contribution in [0.25, 0.3) is 0 Å². The summed E-state index contributed by atoms with van der Waals surface area (Å²) in [6.45, 7) is 0.309. The first kappa shape index (κ1) is 16.9. The summed E-state index contributed by atoms with van der Waals surface area (Å²) in [7, 11) is 3.52. The van der Waals surface area contributed by atoms with Gasteiger partial charge >= 0.3 is 6.03 Å². The molecule has 0 aliphatic carbocycles. The van der Waals surface area contributed by atoms with Crippen molar-refractivity contribution in [1.82, 2.24) is 9.80 Å². The van der Waals surface area contributed by atoms with E-state index >= 15 is 0 Å². The number of nitrogens with zero attached hydrogens (tertiary/aromatic N) is 3. The molecule has 4 amide bonds. The molecule has 8 nitrogen and oxygen atoms in total. The Kier molecular flexibility index (Phi) is 3.98. The Morgan fingerprint density at radius 3 is 2.40 bits per heavy atom. The van der Waals surface area contributed by atoms with Gasteiger partial charge in [0.1, 0.15) is 5.84 Å². The van der Waals surface area contributed by atoms with Gasteiger partial charge in [-0.05, 0) is 37.1 Å². The lowest BCUT2D eigenvalue weighted by Crippen LogP contribution is -2.61. The van der Waals surface area contributed by atoms with E-state index in [0.29, 0.717) is 36.5 Å². The molecule has 25 heavy (non-hydrogen) atoms. The fourth-order valence-corrected chi connectivity index (χ4v) is 3.27. The summed E-state index contributed by atoms with van der Waals surface area (Å²) in [6, 6.07) is 5.97. The zero-order chi connectivity index (χ0) is 18.4. The van der Waals surface area contributed by atoms with Crippen molar-refractivity contribution in [2.75, 3.05) is 25.5 Å². The van der Waals surface area contributed by atoms with Crippen molar-refractivity contribution in [1.29, 1.82) is 5.41 Å². The number of rotatable bonds is 3. The summed E-state index contributed by atoms with van der Waals surface area (Å²) in [5, 5.41) is 7.97. The molecule has 2 aliphatic rings. The molecule has 0 saturated carbocycles. The normalized spacial score (nSPS) is 22.8. The molecule has 2 heterocycles. The quantitative estimate of drug-likeness (QED) is 0.362. The second-order valence-corrected chi connectivity index (χ2v) is 6.34. The maximum absolute atomic E-state index is 12.9. The van der Waals surface area contributed by atoms with E-state index in [9.17, 15) is 14.4 Å². The second-order valence-electron chi connectivity index (χ2n) is 6.34. The molecule has 1 atom stereocenters. The number of amides is 4. The molecule has 8 heteroatoms. The Hall–Kier alpha value is -2.90. The van der Waals surface area contributed by atoms with Gasteiger partial charge in [-0.2, -0.15) is 0 Å². The number of carbonyl (C=O) groups excluding carboxylic acids is 3. The van der Waals surface area contributed by atoms with Gasteiger partial charge in [-0.15, -0.1) is 0 Å². The maximum atomic E-state index is 12.9. The summed E-state index contributed by atoms with van der Waals surface area (Å²) < 4.78 is 0. The largest absolute Gasteiger partial charge is 0.367 e. The number of nitrogens with one attached hydrogen (secondary N) is 1. The third-order valence-electron chi connectivity index (χ3n) is 4.62. The highest BCUT2D eigenvalue weighted by atomic mass is 16.2. The molecule has 3 rings (SSSR count). The first-order valence-corrected chi connectivity index (χ1v) is 7.97. The third-order valence-corrected chi connectivity index (χ3v) is 4.62. The monoisotopic (exact) mass is 342 g/mol. The molecule has 1 radical (unpaired) electrons. The Labute approximate surface area is 145 Å². The van der Waals surface area contributed by atoms with Crippen molar-refractivity contribution >= 4 is 29.4 Å². The highest BCUT2D eigenvalue weighted by Crippen LogP contribution is 2.38. The Balaban J connectivity index is 1.98. The predicted octanol–water partition coefficient (Wildman–Crippen LogP) is 0.564. The average Bonchev–Trinajstić information content (AvgIpc) is 2.83. The molecular weight excluding hydrogens is 322 g/mol. The molecular formula is C17H20N5O3. The Morgan fingerprint density at radius 2 is 1.88 bits per heavy atom. The molecule has 0 spiro atoms. The lowest BCUT2D eigenvalue weighted by Gasteiger charge is -2.35. The van der Waals surface area contributed by atoms with E-state index in [1.807, 2.05) is 0 Å². The van der Waals surface area contributed by atoms with E-state index in [1.54, 1.807) is 43.3 Å². The van der Waals surface area contributed by atoms with E-state index in [4.69, 9.17) is 11.1 Å². The summed E-state index contributed by atoms with van der Waals surface area (Å²) >= 11 is 0. The molecule has 0 bridgehead atoms. The van der Waals surface area contributed by atoms with Crippen LogP contribution in [0.4, 0.5) is 10.5 Å². The van der Waals surface area contributed by atoms with E-state index in [-0.39, 0.29) is 0 Å². The molecule has 2 fully saturated rings. The number of carbonyl (C=O) groups is 3. The van der Waals surface area contributed by atoms with Crippen molar-refractivity contribution < 1.29 is 14.4 Å². The van der Waals surface area contributed by atoms with Gasteiger partial charge in [-0.3, -0.25) is 15.0 Å². The molecule has 2 aliphatic heterocycles. The van der Waals surface area contributed by atoms with Gasteiger partial charge in [-0.25, -0.2) is 9.69 Å². The van der Waals surface area contributed by atoms with Crippen LogP contribution in [0.5, 0.6) is 0 Å². The third kappa shape index (κ3) is 2.36. The first-order chi connectivity index (χ1) is 11.8. The van der Waals surface area contributed by atoms with Crippen LogP contribution in [-0.4, -0.2) is 59.7 Å². The van der Waals surface area contributed by atoms with Crippen molar-refractivity contribution in [3.63, 3.8) is 0 Å². The number of fused-ring (bicyclic) bond motifs is 1. The minimum absolute atomic E-state index is 0.309. The SMILES string of the molecule is CN(C)C(=N)c1ccc(N2C(=O)N3CCC[CH][C@]3(C(N)=O)C2=O)cc1. The summed E-state index contributed by atoms with van der Waals surface area (Å²) in [5.41, 5.74) is 4.81. The molecule has 1 aromatic carbocycles. The van der Waals surface area contributed by atoms with Gasteiger partial charge in [0.2, 0.25) is 5.54 Å². The van der Waals surface area contributed by atoms with Crippen LogP contribution in [0.1, 0.15) is 18.4 Å². The van der Waals surface area contributed by atoms with Crippen molar-refractivity contribution in [2.24, 2.45) is 5.73 Å². The fourth-order valence-electron chi connectivity index (χ4n) is 3.27. The summed E-state index contributed by atoms with van der Waals surface area (Å²) in [5.74, 6) is -1.16. The molecule has 2 saturated heterocycles. The van der Waals surface area contributed by atoms with E-state index in [1.165, 1.54) is 11.3 Å². The lowest BCUT2D eigenvalue weighted by atomic mass is 9.86. The number of amidine groups is 1. The van der Waals surface area contributed by atoms with Crippen molar-refractivity contribution in [3.05, 3.63) is 36.2 Å². The summed E-state index contributed by atoms with van der Waals surface area (Å²) in [6.07, 6.45) is 2.77. The number of primary amides is 1. The van der Waals surface area contributed by atoms with Crippen LogP contribution < -0.4 is 10.6 Å². The summed E-state index contributed by atoms with van der Waals surface area (Å²) in [4.78, 5) is 41.6. The molecule has 3 N–H and O–H groups in total. The minimum Gasteiger partial charge on any atom is -0.367 e. The zero-order valence-electron chi connectivity index (χ0n) is 14.2. The van der Waals surface area contributed by atoms with Crippen LogP contribution in [-0.2, 0) is 9.59 Å². The molecule has 0 aromatic heterocycles. The number of imide groups is 1. The van der Waals surface area contributed by atoms with E-state index in [2.05, 4.69) is 0 Å². The van der Waals surface area contributed by atoms with Gasteiger partial charge in [0.25, 0.3) is 11.8 Å². The lowest BCUT2D eigenvalue weighted by molar-refractivity contribution is -0.136. The fraction of sp³-hybridized carbons (Fsp3) is 0.353. The van der Waals surface area contributed by atoms with Gasteiger partial charge in [0.15, 0.2) is 0 Å². The number of hydrogen-bond acceptors (Lipinski definition) is 4. The number of urea groups is 1. The number of piperidine rings is 1. The Bertz CT molecular complexity index is 758. The second kappa shape index (κ2) is 5.87. The van der Waals surface area contributed by atoms with Crippen molar-refractivity contribution in [2.45, 2.75) is 18.4 Å². The topological polar surface area (TPSA) is 111 Å². The highest BCUT2D eigenvalue weighted by Gasteiger charge is 2.62. The van der Waals surface area contributed by atoms with Gasteiger partial charge in [0.05, 0.1) is 5.69 Å². The van der Waals surface area contributed by atoms with Gasteiger partial charge in [0, 0.05) is 32.6 Å². The van der Waals surface area contributed by atoms with Crippen LogP contribution in [0.3, 0.4) is 0 Å². The zero-order valence-corrected chi connectivity index (χ0v) is 14.2. The standard InChI is InChI=1S/C17H20N5O3/c1-20(2)13(18)11-5-7-12(8-6-11)22-15(24)17(14(19)23)9-3-4-10-21(17)16(22)25/h5-9,18H,3-4,10H2,1-2H3,(H2,19,23)/t17-/m0/s1. The van der Waals surface area contributed by atoms with Gasteiger partial charge < -0.3 is 15.5 Å². The number of anilines is 1. The first-order valence-electron chi connectivity index (χ1n) is 7.97. The molecule has 1 aromatic rings. The van der Waals surface area contributed by atoms with Crippen LogP contribution in [0.15, 0.2) is 24.3 Å². The van der Waals surface area contributed by atoms with Gasteiger partial charge in [-0.1, -0.05) is 0 Å². The highest BCUT2D eigenvalue weighted by molar-refractivity contribution is 6.31. The minimum atomic E-state index is -1.69. The van der Waals surface area contributed by atoms with Crippen LogP contribution >= 0.6 is 0 Å². The number of nitrogens with two attached hydrogens (primary N) is 1. The van der Waals surface area contributed by atoms with E-state index in [0.717, 1.165) is 4.90 Å². The smallest absolute Gasteiger partial charge is 0.332 e. The predicted molar refractivity (Wildman–Crippen MR) is 92.0 cm³/mol.